The van der Waals surface area contributed by atoms with Crippen LogP contribution in [0.1, 0.15) is 11.1 Å². The van der Waals surface area contributed by atoms with Crippen LogP contribution >= 0.6 is 11.6 Å². The predicted molar refractivity (Wildman–Crippen MR) is 83.5 cm³/mol. The van der Waals surface area contributed by atoms with Crippen LogP contribution in [0.4, 0.5) is 0 Å². The quantitative estimate of drug-likeness (QED) is 0.659. The highest BCUT2D eigenvalue weighted by Gasteiger charge is 2.04. The number of aromatic nitrogens is 2. The summed E-state index contributed by atoms with van der Waals surface area (Å²) in [6, 6.07) is 14.2. The van der Waals surface area contributed by atoms with Crippen LogP contribution in [0.15, 0.2) is 54.9 Å². The summed E-state index contributed by atoms with van der Waals surface area (Å²) >= 11 is 5.91. The van der Waals surface area contributed by atoms with Gasteiger partial charge in [0.25, 0.3) is 0 Å². The van der Waals surface area contributed by atoms with Crippen molar-refractivity contribution >= 4 is 11.6 Å². The third-order valence-corrected chi connectivity index (χ3v) is 3.48. The molecule has 1 aromatic heterocycles. The van der Waals surface area contributed by atoms with Crippen LogP contribution in [0, 0.1) is 13.8 Å². The molecule has 2 nitrogen and oxygen atoms in total. The van der Waals surface area contributed by atoms with E-state index in [1.54, 1.807) is 0 Å². The van der Waals surface area contributed by atoms with Gasteiger partial charge in [-0.05, 0) is 54.8 Å². The van der Waals surface area contributed by atoms with Crippen molar-refractivity contribution < 1.29 is 0 Å². The first-order chi connectivity index (χ1) is 9.61. The minimum atomic E-state index is 0.746. The highest BCUT2D eigenvalue weighted by atomic mass is 35.5. The summed E-state index contributed by atoms with van der Waals surface area (Å²) in [5.74, 6) is 0. The molecule has 3 heteroatoms. The standard InChI is InChI=1S/C17H15ClN2/c1-12-7-13(2)9-17(8-12)20-11-15(10-19-20)14-3-5-16(18)6-4-14/h3-11H,1-2H3. The second-order valence-electron chi connectivity index (χ2n) is 5.03. The van der Waals surface area contributed by atoms with Crippen molar-refractivity contribution in [1.29, 1.82) is 0 Å². The third-order valence-electron chi connectivity index (χ3n) is 3.23. The molecular weight excluding hydrogens is 268 g/mol. The van der Waals surface area contributed by atoms with Crippen LogP contribution in [0.25, 0.3) is 16.8 Å². The van der Waals surface area contributed by atoms with E-state index in [-0.39, 0.29) is 0 Å². The summed E-state index contributed by atoms with van der Waals surface area (Å²) < 4.78 is 1.91. The number of benzene rings is 2. The van der Waals surface area contributed by atoms with Crippen LogP contribution in [0.3, 0.4) is 0 Å². The maximum atomic E-state index is 5.91. The fourth-order valence-electron chi connectivity index (χ4n) is 2.34. The molecule has 0 saturated heterocycles. The van der Waals surface area contributed by atoms with Crippen molar-refractivity contribution in [3.63, 3.8) is 0 Å². The Morgan fingerprint density at radius 2 is 1.55 bits per heavy atom. The van der Waals surface area contributed by atoms with Crippen molar-refractivity contribution in [3.8, 4) is 16.8 Å². The summed E-state index contributed by atoms with van der Waals surface area (Å²) in [5.41, 5.74) is 5.76. The summed E-state index contributed by atoms with van der Waals surface area (Å²) in [7, 11) is 0. The zero-order chi connectivity index (χ0) is 14.1. The van der Waals surface area contributed by atoms with Crippen molar-refractivity contribution in [1.82, 2.24) is 9.78 Å². The SMILES string of the molecule is Cc1cc(C)cc(-n2cc(-c3ccc(Cl)cc3)cn2)c1. The minimum Gasteiger partial charge on any atom is -0.240 e. The summed E-state index contributed by atoms with van der Waals surface area (Å²) in [4.78, 5) is 0. The van der Waals surface area contributed by atoms with Gasteiger partial charge in [-0.25, -0.2) is 4.68 Å². The summed E-state index contributed by atoms with van der Waals surface area (Å²) in [6.07, 6.45) is 3.92. The first kappa shape index (κ1) is 12.9. The van der Waals surface area contributed by atoms with Gasteiger partial charge in [0.1, 0.15) is 0 Å². The monoisotopic (exact) mass is 282 g/mol. The van der Waals surface area contributed by atoms with Gasteiger partial charge in [0, 0.05) is 16.8 Å². The Morgan fingerprint density at radius 1 is 0.900 bits per heavy atom. The zero-order valence-corrected chi connectivity index (χ0v) is 12.2. The van der Waals surface area contributed by atoms with E-state index >= 15 is 0 Å². The zero-order valence-electron chi connectivity index (χ0n) is 11.5. The Morgan fingerprint density at radius 3 is 2.20 bits per heavy atom. The molecule has 0 aliphatic carbocycles. The molecule has 0 spiro atoms. The number of aryl methyl sites for hydroxylation is 2. The lowest BCUT2D eigenvalue weighted by atomic mass is 10.1. The van der Waals surface area contributed by atoms with Gasteiger partial charge in [-0.2, -0.15) is 5.10 Å². The van der Waals surface area contributed by atoms with E-state index < -0.39 is 0 Å². The maximum absolute atomic E-state index is 5.91. The molecule has 0 saturated carbocycles. The first-order valence-electron chi connectivity index (χ1n) is 6.51. The second kappa shape index (κ2) is 5.14. The van der Waals surface area contributed by atoms with E-state index in [0.29, 0.717) is 0 Å². The molecule has 3 aromatic rings. The Kier molecular flexibility index (Phi) is 3.33. The van der Waals surface area contributed by atoms with Crippen LogP contribution < -0.4 is 0 Å². The molecule has 100 valence electrons. The first-order valence-corrected chi connectivity index (χ1v) is 6.89. The van der Waals surface area contributed by atoms with Crippen molar-refractivity contribution in [3.05, 3.63) is 71.0 Å². The van der Waals surface area contributed by atoms with E-state index in [1.165, 1.54) is 11.1 Å². The van der Waals surface area contributed by atoms with Gasteiger partial charge < -0.3 is 0 Å². The maximum Gasteiger partial charge on any atom is 0.0651 e. The molecule has 20 heavy (non-hydrogen) atoms. The van der Waals surface area contributed by atoms with Gasteiger partial charge in [0.05, 0.1) is 11.9 Å². The van der Waals surface area contributed by atoms with E-state index in [2.05, 4.69) is 37.1 Å². The fourth-order valence-corrected chi connectivity index (χ4v) is 2.46. The number of halogens is 1. The van der Waals surface area contributed by atoms with Crippen LogP contribution in [0.5, 0.6) is 0 Å². The van der Waals surface area contributed by atoms with Gasteiger partial charge in [0.2, 0.25) is 0 Å². The lowest BCUT2D eigenvalue weighted by molar-refractivity contribution is 0.878. The van der Waals surface area contributed by atoms with Gasteiger partial charge in [-0.15, -0.1) is 0 Å². The van der Waals surface area contributed by atoms with E-state index in [9.17, 15) is 0 Å². The molecule has 3 rings (SSSR count). The molecule has 0 amide bonds. The van der Waals surface area contributed by atoms with Crippen LogP contribution in [0.2, 0.25) is 5.02 Å². The minimum absolute atomic E-state index is 0.746. The van der Waals surface area contributed by atoms with Crippen LogP contribution in [-0.4, -0.2) is 9.78 Å². The fraction of sp³-hybridized carbons (Fsp3) is 0.118. The average molecular weight is 283 g/mol. The van der Waals surface area contributed by atoms with Gasteiger partial charge >= 0.3 is 0 Å². The number of nitrogens with zero attached hydrogens (tertiary/aromatic N) is 2. The average Bonchev–Trinajstić information content (AvgIpc) is 2.88. The molecule has 1 heterocycles. The van der Waals surface area contributed by atoms with Crippen molar-refractivity contribution in [2.45, 2.75) is 13.8 Å². The molecular formula is C17H15ClN2. The number of hydrogen-bond acceptors (Lipinski definition) is 1. The largest absolute Gasteiger partial charge is 0.240 e. The molecule has 0 aliphatic heterocycles. The highest BCUT2D eigenvalue weighted by molar-refractivity contribution is 6.30. The lowest BCUT2D eigenvalue weighted by Crippen LogP contribution is -1.95. The number of hydrogen-bond donors (Lipinski definition) is 0. The second-order valence-corrected chi connectivity index (χ2v) is 5.46. The van der Waals surface area contributed by atoms with Crippen molar-refractivity contribution in [2.24, 2.45) is 0 Å². The van der Waals surface area contributed by atoms with Crippen LogP contribution in [-0.2, 0) is 0 Å². The van der Waals surface area contributed by atoms with Crippen molar-refractivity contribution in [2.75, 3.05) is 0 Å². The van der Waals surface area contributed by atoms with E-state index in [0.717, 1.165) is 21.8 Å². The molecule has 2 aromatic carbocycles. The number of rotatable bonds is 2. The Balaban J connectivity index is 1.99. The Labute approximate surface area is 123 Å². The Bertz CT molecular complexity index is 722. The van der Waals surface area contributed by atoms with Gasteiger partial charge in [-0.1, -0.05) is 29.8 Å². The molecule has 0 aliphatic rings. The summed E-state index contributed by atoms with van der Waals surface area (Å²) in [5, 5.41) is 5.20. The smallest absolute Gasteiger partial charge is 0.0651 e. The Hall–Kier alpha value is -2.06. The normalized spacial score (nSPS) is 10.8. The highest BCUT2D eigenvalue weighted by Crippen LogP contribution is 2.22. The van der Waals surface area contributed by atoms with Gasteiger partial charge in [0.15, 0.2) is 0 Å². The molecule has 0 unspecified atom stereocenters. The van der Waals surface area contributed by atoms with E-state index in [1.807, 2.05) is 41.3 Å². The third kappa shape index (κ3) is 2.61. The van der Waals surface area contributed by atoms with Gasteiger partial charge in [-0.3, -0.25) is 0 Å². The predicted octanol–water partition coefficient (Wildman–Crippen LogP) is 4.81. The molecule has 0 radical (unpaired) electrons. The molecule has 0 atom stereocenters. The van der Waals surface area contributed by atoms with E-state index in [4.69, 9.17) is 11.6 Å². The topological polar surface area (TPSA) is 17.8 Å². The molecule has 0 bridgehead atoms. The summed E-state index contributed by atoms with van der Waals surface area (Å²) in [6.45, 7) is 4.19. The molecule has 0 fully saturated rings. The lowest BCUT2D eigenvalue weighted by Gasteiger charge is -2.04. The molecule has 0 N–H and O–H groups in total.